The van der Waals surface area contributed by atoms with Crippen molar-refractivity contribution < 1.29 is 14.1 Å². The van der Waals surface area contributed by atoms with Crippen molar-refractivity contribution in [3.8, 4) is 0 Å². The number of benzene rings is 2. The molecule has 9 heteroatoms. The molecule has 176 valence electrons. The van der Waals surface area contributed by atoms with Gasteiger partial charge in [-0.3, -0.25) is 14.9 Å². The fourth-order valence-electron chi connectivity index (χ4n) is 4.57. The smallest absolute Gasteiger partial charge is 0.295 e. The number of likely N-dealkylation sites (N-methyl/N-ethyl adjacent to an activating group) is 1. The summed E-state index contributed by atoms with van der Waals surface area (Å²) in [5.74, 6) is -0.518. The highest BCUT2D eigenvalue weighted by Gasteiger charge is 2.29. The van der Waals surface area contributed by atoms with Gasteiger partial charge in [-0.2, -0.15) is 0 Å². The predicted molar refractivity (Wildman–Crippen MR) is 126 cm³/mol. The molecule has 2 saturated heterocycles. The molecule has 2 heterocycles. The second-order valence-electron chi connectivity index (χ2n) is 8.50. The number of carbonyl (C=O) groups excluding carboxylic acids is 1. The Balaban J connectivity index is 1.47. The first-order valence-electron chi connectivity index (χ1n) is 11.5. The predicted octanol–water partition coefficient (Wildman–Crippen LogP) is 2.77. The summed E-state index contributed by atoms with van der Waals surface area (Å²) in [7, 11) is 0. The number of carbonyl (C=O) groups is 1. The highest BCUT2D eigenvalue weighted by molar-refractivity contribution is 5.79. The zero-order chi connectivity index (χ0) is 23.4. The molecule has 4 rings (SSSR count). The third-order valence-corrected chi connectivity index (χ3v) is 6.57. The Morgan fingerprint density at radius 3 is 2.15 bits per heavy atom. The fraction of sp³-hybridized carbons (Fsp3) is 0.458. The quantitative estimate of drug-likeness (QED) is 0.493. The van der Waals surface area contributed by atoms with Crippen LogP contribution in [-0.2, 0) is 11.2 Å². The molecular weight excluding hydrogens is 425 g/mol. The Labute approximate surface area is 193 Å². The summed E-state index contributed by atoms with van der Waals surface area (Å²) < 4.78 is 14.9. The van der Waals surface area contributed by atoms with E-state index in [1.165, 1.54) is 0 Å². The molecule has 0 radical (unpaired) electrons. The van der Waals surface area contributed by atoms with Crippen molar-refractivity contribution in [3.63, 3.8) is 0 Å². The van der Waals surface area contributed by atoms with E-state index in [4.69, 9.17) is 0 Å². The van der Waals surface area contributed by atoms with Crippen LogP contribution in [0, 0.1) is 15.9 Å². The maximum Gasteiger partial charge on any atom is 0.295 e. The number of halogens is 1. The van der Waals surface area contributed by atoms with E-state index in [9.17, 15) is 19.3 Å². The first kappa shape index (κ1) is 23.0. The molecule has 2 aliphatic rings. The van der Waals surface area contributed by atoms with Gasteiger partial charge in [0.25, 0.3) is 5.69 Å². The second-order valence-corrected chi connectivity index (χ2v) is 8.50. The van der Waals surface area contributed by atoms with E-state index in [0.717, 1.165) is 31.3 Å². The van der Waals surface area contributed by atoms with Crippen LogP contribution in [0.25, 0.3) is 0 Å². The Hall–Kier alpha value is -3.20. The summed E-state index contributed by atoms with van der Waals surface area (Å²) in [6.07, 6.45) is 0.339. The molecule has 1 amide bonds. The summed E-state index contributed by atoms with van der Waals surface area (Å²) in [4.78, 5) is 31.8. The summed E-state index contributed by atoms with van der Waals surface area (Å²) in [6, 6.07) is 12.3. The molecule has 0 N–H and O–H groups in total. The molecule has 2 aliphatic heterocycles. The number of anilines is 2. The number of hydrogen-bond donors (Lipinski definition) is 0. The molecule has 0 spiro atoms. The van der Waals surface area contributed by atoms with Gasteiger partial charge < -0.3 is 19.6 Å². The largest absolute Gasteiger partial charge is 0.367 e. The number of nitro benzene ring substituents is 1. The Kier molecular flexibility index (Phi) is 7.08. The first-order chi connectivity index (χ1) is 16.0. The van der Waals surface area contributed by atoms with E-state index in [0.29, 0.717) is 57.1 Å². The number of rotatable bonds is 6. The van der Waals surface area contributed by atoms with E-state index in [2.05, 4.69) is 11.8 Å². The minimum absolute atomic E-state index is 0.0453. The molecule has 0 saturated carbocycles. The van der Waals surface area contributed by atoms with Crippen LogP contribution >= 0.6 is 0 Å². The minimum Gasteiger partial charge on any atom is -0.367 e. The molecule has 0 atom stereocenters. The van der Waals surface area contributed by atoms with Crippen LogP contribution in [0.15, 0.2) is 42.5 Å². The van der Waals surface area contributed by atoms with Crippen LogP contribution in [0.5, 0.6) is 0 Å². The van der Waals surface area contributed by atoms with Gasteiger partial charge in [0.1, 0.15) is 5.69 Å². The van der Waals surface area contributed by atoms with Gasteiger partial charge in [0.2, 0.25) is 5.91 Å². The van der Waals surface area contributed by atoms with E-state index in [1.807, 2.05) is 40.1 Å². The van der Waals surface area contributed by atoms with Crippen LogP contribution < -0.4 is 9.80 Å². The zero-order valence-electron chi connectivity index (χ0n) is 19.0. The monoisotopic (exact) mass is 455 g/mol. The fourth-order valence-corrected chi connectivity index (χ4v) is 4.57. The van der Waals surface area contributed by atoms with Crippen LogP contribution in [0.1, 0.15) is 12.5 Å². The third-order valence-electron chi connectivity index (χ3n) is 6.57. The van der Waals surface area contributed by atoms with Gasteiger partial charge in [-0.05, 0) is 18.2 Å². The maximum absolute atomic E-state index is 14.9. The lowest BCUT2D eigenvalue weighted by atomic mass is 10.1. The Morgan fingerprint density at radius 2 is 1.55 bits per heavy atom. The van der Waals surface area contributed by atoms with E-state index in [1.54, 1.807) is 11.0 Å². The van der Waals surface area contributed by atoms with E-state index in [-0.39, 0.29) is 11.6 Å². The van der Waals surface area contributed by atoms with Gasteiger partial charge >= 0.3 is 0 Å². The first-order valence-corrected chi connectivity index (χ1v) is 11.5. The molecule has 2 aromatic rings. The van der Waals surface area contributed by atoms with Gasteiger partial charge in [-0.25, -0.2) is 4.39 Å². The van der Waals surface area contributed by atoms with Crippen LogP contribution in [0.2, 0.25) is 0 Å². The second kappa shape index (κ2) is 10.2. The van der Waals surface area contributed by atoms with Gasteiger partial charge in [0.15, 0.2) is 5.82 Å². The van der Waals surface area contributed by atoms with Crippen molar-refractivity contribution in [1.82, 2.24) is 9.80 Å². The number of amides is 1. The number of nitro groups is 1. The Morgan fingerprint density at radius 1 is 0.939 bits per heavy atom. The van der Waals surface area contributed by atoms with Gasteiger partial charge in [-0.15, -0.1) is 0 Å². The minimum atomic E-state index is -0.563. The Bertz CT molecular complexity index is 987. The summed E-state index contributed by atoms with van der Waals surface area (Å²) >= 11 is 0. The molecule has 0 aromatic heterocycles. The molecule has 2 fully saturated rings. The molecule has 8 nitrogen and oxygen atoms in total. The van der Waals surface area contributed by atoms with Crippen molar-refractivity contribution in [2.45, 2.75) is 13.3 Å². The number of hydrogen-bond acceptors (Lipinski definition) is 6. The van der Waals surface area contributed by atoms with Gasteiger partial charge in [0, 0.05) is 52.4 Å². The molecule has 33 heavy (non-hydrogen) atoms. The molecule has 2 aromatic carbocycles. The topological polar surface area (TPSA) is 73.2 Å². The lowest BCUT2D eigenvalue weighted by Gasteiger charge is -2.38. The van der Waals surface area contributed by atoms with Crippen LogP contribution in [0.4, 0.5) is 21.5 Å². The average molecular weight is 456 g/mol. The lowest BCUT2D eigenvalue weighted by Crippen LogP contribution is -2.49. The maximum atomic E-state index is 14.9. The number of nitrogens with zero attached hydrogens (tertiary/aromatic N) is 5. The third kappa shape index (κ3) is 5.24. The van der Waals surface area contributed by atoms with Gasteiger partial charge in [0.05, 0.1) is 23.1 Å². The lowest BCUT2D eigenvalue weighted by molar-refractivity contribution is -0.384. The average Bonchev–Trinajstić information content (AvgIpc) is 2.84. The summed E-state index contributed by atoms with van der Waals surface area (Å²) in [5, 5.41) is 11.7. The van der Waals surface area contributed by atoms with Crippen molar-refractivity contribution in [2.75, 3.05) is 68.7 Å². The zero-order valence-corrected chi connectivity index (χ0v) is 19.0. The van der Waals surface area contributed by atoms with Crippen LogP contribution in [0.3, 0.4) is 0 Å². The molecular formula is C24H30FN5O3. The highest BCUT2D eigenvalue weighted by atomic mass is 19.1. The molecule has 0 aliphatic carbocycles. The van der Waals surface area contributed by atoms with Crippen molar-refractivity contribution >= 4 is 23.0 Å². The van der Waals surface area contributed by atoms with Crippen molar-refractivity contribution in [3.05, 3.63) is 64.0 Å². The van der Waals surface area contributed by atoms with Gasteiger partial charge in [-0.1, -0.05) is 37.3 Å². The van der Waals surface area contributed by atoms with E-state index < -0.39 is 10.7 Å². The van der Waals surface area contributed by atoms with Crippen molar-refractivity contribution in [1.29, 1.82) is 0 Å². The normalized spacial score (nSPS) is 17.3. The van der Waals surface area contributed by atoms with Crippen LogP contribution in [-0.4, -0.2) is 79.5 Å². The molecule has 0 unspecified atom stereocenters. The number of piperazine rings is 2. The molecule has 0 bridgehead atoms. The van der Waals surface area contributed by atoms with E-state index >= 15 is 0 Å². The summed E-state index contributed by atoms with van der Waals surface area (Å²) in [6.45, 7) is 7.99. The summed E-state index contributed by atoms with van der Waals surface area (Å²) in [5.41, 5.74) is 1.57. The SMILES string of the molecule is CCN1CCN(c2cc(N3CCN(C(=O)Cc4ccccc4)CC3)c([N+](=O)[O-])cc2F)CC1. The highest BCUT2D eigenvalue weighted by Crippen LogP contribution is 2.36. The van der Waals surface area contributed by atoms with Crippen molar-refractivity contribution in [2.24, 2.45) is 0 Å². The standard InChI is InChI=1S/C24H30FN5O3/c1-2-26-8-10-27(11-9-26)21-18-22(23(30(32)33)17-20(21)25)28-12-14-29(15-13-28)24(31)16-19-6-4-3-5-7-19/h3-7,17-18H,2,8-16H2,1H3.